The predicted octanol–water partition coefficient (Wildman–Crippen LogP) is 6.09. The third-order valence-corrected chi connectivity index (χ3v) is 5.56. The third kappa shape index (κ3) is 4.17. The molecule has 1 aromatic heterocycles. The number of carbonyl (C=O) groups excluding carboxylic acids is 1. The summed E-state index contributed by atoms with van der Waals surface area (Å²) in [5.41, 5.74) is 3.88. The number of nitrogens with one attached hydrogen (secondary N) is 1. The molecule has 0 unspecified atom stereocenters. The zero-order chi connectivity index (χ0) is 17.8. The number of carbonyl (C=O) groups is 1. The van der Waals surface area contributed by atoms with Crippen molar-refractivity contribution in [2.45, 2.75) is 26.7 Å². The molecule has 2 aromatic carbocycles. The zero-order valence-electron chi connectivity index (χ0n) is 14.2. The summed E-state index contributed by atoms with van der Waals surface area (Å²) in [7, 11) is 0. The molecule has 0 aliphatic heterocycles. The first-order valence-corrected chi connectivity index (χ1v) is 9.82. The van der Waals surface area contributed by atoms with E-state index < -0.39 is 0 Å². The van der Waals surface area contributed by atoms with E-state index in [9.17, 15) is 4.79 Å². The number of rotatable bonds is 5. The molecule has 1 amide bonds. The van der Waals surface area contributed by atoms with Crippen LogP contribution in [-0.4, -0.2) is 10.9 Å². The molecule has 0 aliphatic carbocycles. The lowest BCUT2D eigenvalue weighted by Crippen LogP contribution is -2.12. The van der Waals surface area contributed by atoms with E-state index in [0.717, 1.165) is 28.6 Å². The van der Waals surface area contributed by atoms with Crippen molar-refractivity contribution < 1.29 is 4.79 Å². The molecule has 0 saturated heterocycles. The fraction of sp³-hybridized carbons (Fsp3) is 0.200. The number of aromatic nitrogens is 1. The van der Waals surface area contributed by atoms with Gasteiger partial charge in [0.15, 0.2) is 5.13 Å². The number of aryl methyl sites for hydroxylation is 2. The summed E-state index contributed by atoms with van der Waals surface area (Å²) >= 11 is 4.97. The maximum Gasteiger partial charge on any atom is 0.258 e. The van der Waals surface area contributed by atoms with Crippen molar-refractivity contribution in [3.8, 4) is 11.3 Å². The Bertz CT molecular complexity index is 887. The number of amides is 1. The molecule has 0 fully saturated rings. The van der Waals surface area contributed by atoms with E-state index >= 15 is 0 Å². The standard InChI is InChI=1S/C20H19BrN2OS/c1-3-6-17-18(14-11-9-13(2)10-12-14)22-20(25-17)23-19(24)15-7-4-5-8-16(15)21/h4-5,7-12H,3,6H2,1-2H3,(H,22,23,24). The molecule has 1 N–H and O–H groups in total. The molecule has 0 aliphatic rings. The number of benzene rings is 2. The first-order valence-electron chi connectivity index (χ1n) is 8.21. The van der Waals surface area contributed by atoms with Crippen LogP contribution in [0.1, 0.15) is 34.1 Å². The van der Waals surface area contributed by atoms with Gasteiger partial charge >= 0.3 is 0 Å². The molecule has 0 bridgehead atoms. The predicted molar refractivity (Wildman–Crippen MR) is 108 cm³/mol. The van der Waals surface area contributed by atoms with Crippen molar-refractivity contribution in [2.75, 3.05) is 5.32 Å². The lowest BCUT2D eigenvalue weighted by molar-refractivity contribution is 0.102. The largest absolute Gasteiger partial charge is 0.298 e. The van der Waals surface area contributed by atoms with Crippen LogP contribution in [0.5, 0.6) is 0 Å². The fourth-order valence-corrected chi connectivity index (χ4v) is 4.09. The van der Waals surface area contributed by atoms with Gasteiger partial charge in [0.05, 0.1) is 11.3 Å². The molecule has 0 atom stereocenters. The molecule has 3 nitrogen and oxygen atoms in total. The van der Waals surface area contributed by atoms with Crippen LogP contribution in [-0.2, 0) is 6.42 Å². The quantitative estimate of drug-likeness (QED) is 0.548. The van der Waals surface area contributed by atoms with Crippen LogP contribution in [0.3, 0.4) is 0 Å². The Morgan fingerprint density at radius 1 is 1.16 bits per heavy atom. The Morgan fingerprint density at radius 2 is 1.88 bits per heavy atom. The van der Waals surface area contributed by atoms with Gasteiger partial charge in [-0.1, -0.05) is 55.3 Å². The highest BCUT2D eigenvalue weighted by atomic mass is 79.9. The molecule has 3 aromatic rings. The van der Waals surface area contributed by atoms with Crippen molar-refractivity contribution in [1.29, 1.82) is 0 Å². The highest BCUT2D eigenvalue weighted by Crippen LogP contribution is 2.32. The first-order chi connectivity index (χ1) is 12.1. The van der Waals surface area contributed by atoms with E-state index in [2.05, 4.69) is 59.4 Å². The van der Waals surface area contributed by atoms with E-state index in [4.69, 9.17) is 4.98 Å². The number of hydrogen-bond donors (Lipinski definition) is 1. The van der Waals surface area contributed by atoms with Crippen LogP contribution in [0.4, 0.5) is 5.13 Å². The van der Waals surface area contributed by atoms with Crippen LogP contribution in [0.15, 0.2) is 53.0 Å². The molecule has 0 spiro atoms. The molecule has 5 heteroatoms. The number of halogens is 1. The summed E-state index contributed by atoms with van der Waals surface area (Å²) in [5.74, 6) is -0.153. The minimum Gasteiger partial charge on any atom is -0.298 e. The fourth-order valence-electron chi connectivity index (χ4n) is 2.55. The van der Waals surface area contributed by atoms with Crippen molar-refractivity contribution in [3.63, 3.8) is 0 Å². The average molecular weight is 415 g/mol. The van der Waals surface area contributed by atoms with E-state index in [1.807, 2.05) is 18.2 Å². The highest BCUT2D eigenvalue weighted by Gasteiger charge is 2.16. The Kier molecular flexibility index (Phi) is 5.66. The summed E-state index contributed by atoms with van der Waals surface area (Å²) in [5, 5.41) is 3.58. The number of thiazole rings is 1. The second kappa shape index (κ2) is 7.93. The van der Waals surface area contributed by atoms with Crippen LogP contribution in [0.2, 0.25) is 0 Å². The topological polar surface area (TPSA) is 42.0 Å². The molecule has 25 heavy (non-hydrogen) atoms. The van der Waals surface area contributed by atoms with Crippen LogP contribution in [0.25, 0.3) is 11.3 Å². The van der Waals surface area contributed by atoms with Gasteiger partial charge in [-0.3, -0.25) is 10.1 Å². The Balaban J connectivity index is 1.90. The number of nitrogens with zero attached hydrogens (tertiary/aromatic N) is 1. The number of anilines is 1. The van der Waals surface area contributed by atoms with Gasteiger partial charge in [-0.25, -0.2) is 4.98 Å². The van der Waals surface area contributed by atoms with Crippen molar-refractivity contribution in [1.82, 2.24) is 4.98 Å². The number of hydrogen-bond acceptors (Lipinski definition) is 3. The SMILES string of the molecule is CCCc1sc(NC(=O)c2ccccc2Br)nc1-c1ccc(C)cc1. The molecule has 128 valence electrons. The monoisotopic (exact) mass is 414 g/mol. The molecular weight excluding hydrogens is 396 g/mol. The van der Waals surface area contributed by atoms with E-state index in [0.29, 0.717) is 10.7 Å². The Morgan fingerprint density at radius 3 is 2.56 bits per heavy atom. The Labute approximate surface area is 160 Å². The Hall–Kier alpha value is -1.98. The molecule has 0 saturated carbocycles. The second-order valence-electron chi connectivity index (χ2n) is 5.84. The lowest BCUT2D eigenvalue weighted by atomic mass is 10.1. The first kappa shape index (κ1) is 17.8. The molecule has 3 rings (SSSR count). The van der Waals surface area contributed by atoms with E-state index in [-0.39, 0.29) is 5.91 Å². The van der Waals surface area contributed by atoms with Crippen LogP contribution in [0, 0.1) is 6.92 Å². The van der Waals surface area contributed by atoms with Gasteiger partial charge in [0, 0.05) is 14.9 Å². The van der Waals surface area contributed by atoms with Gasteiger partial charge in [-0.2, -0.15) is 0 Å². The minimum absolute atomic E-state index is 0.153. The molecule has 1 heterocycles. The minimum atomic E-state index is -0.153. The van der Waals surface area contributed by atoms with Crippen molar-refractivity contribution >= 4 is 38.3 Å². The van der Waals surface area contributed by atoms with E-state index in [1.54, 1.807) is 17.4 Å². The maximum absolute atomic E-state index is 12.5. The summed E-state index contributed by atoms with van der Waals surface area (Å²) < 4.78 is 0.775. The molecular formula is C20H19BrN2OS. The van der Waals surface area contributed by atoms with Gasteiger partial charge in [0.1, 0.15) is 0 Å². The highest BCUT2D eigenvalue weighted by molar-refractivity contribution is 9.10. The van der Waals surface area contributed by atoms with Gasteiger partial charge in [-0.15, -0.1) is 11.3 Å². The smallest absolute Gasteiger partial charge is 0.258 e. The van der Waals surface area contributed by atoms with Crippen LogP contribution >= 0.6 is 27.3 Å². The average Bonchev–Trinajstić information content (AvgIpc) is 2.98. The van der Waals surface area contributed by atoms with Crippen molar-refractivity contribution in [3.05, 3.63) is 69.0 Å². The zero-order valence-corrected chi connectivity index (χ0v) is 16.6. The molecule has 0 radical (unpaired) electrons. The van der Waals surface area contributed by atoms with E-state index in [1.165, 1.54) is 10.4 Å². The van der Waals surface area contributed by atoms with Crippen LogP contribution < -0.4 is 5.32 Å². The third-order valence-electron chi connectivity index (χ3n) is 3.84. The summed E-state index contributed by atoms with van der Waals surface area (Å²) in [6.07, 6.45) is 1.99. The lowest BCUT2D eigenvalue weighted by Gasteiger charge is -2.03. The second-order valence-corrected chi connectivity index (χ2v) is 7.78. The maximum atomic E-state index is 12.5. The van der Waals surface area contributed by atoms with Gasteiger partial charge in [-0.05, 0) is 41.4 Å². The van der Waals surface area contributed by atoms with Gasteiger partial charge in [0.2, 0.25) is 0 Å². The van der Waals surface area contributed by atoms with Gasteiger partial charge < -0.3 is 0 Å². The van der Waals surface area contributed by atoms with Gasteiger partial charge in [0.25, 0.3) is 5.91 Å². The normalized spacial score (nSPS) is 10.7. The van der Waals surface area contributed by atoms with Crippen molar-refractivity contribution in [2.24, 2.45) is 0 Å². The summed E-state index contributed by atoms with van der Waals surface area (Å²) in [6, 6.07) is 15.7. The summed E-state index contributed by atoms with van der Waals surface area (Å²) in [6.45, 7) is 4.22. The summed E-state index contributed by atoms with van der Waals surface area (Å²) in [4.78, 5) is 18.4.